The summed E-state index contributed by atoms with van der Waals surface area (Å²) >= 11 is 5.01. The first-order valence-electron chi connectivity index (χ1n) is 7.03. The van der Waals surface area contributed by atoms with Gasteiger partial charge in [0.15, 0.2) is 0 Å². The Hall–Kier alpha value is -2.11. The van der Waals surface area contributed by atoms with E-state index in [1.54, 1.807) is 0 Å². The number of nitrogens with zero attached hydrogens (tertiary/aromatic N) is 1. The highest BCUT2D eigenvalue weighted by Crippen LogP contribution is 2.56. The summed E-state index contributed by atoms with van der Waals surface area (Å²) in [7, 11) is -2.14. The van der Waals surface area contributed by atoms with E-state index in [0.717, 1.165) is 0 Å². The van der Waals surface area contributed by atoms with Crippen LogP contribution in [0, 0.1) is 0 Å². The van der Waals surface area contributed by atoms with Gasteiger partial charge in [-0.15, -0.1) is 0 Å². The molecule has 3 heteroatoms. The second kappa shape index (κ2) is 6.77. The van der Waals surface area contributed by atoms with Crippen molar-refractivity contribution in [1.82, 2.24) is 0 Å². The highest BCUT2D eigenvalue weighted by Gasteiger charge is 2.46. The van der Waals surface area contributed by atoms with Crippen LogP contribution >= 0.6 is 19.6 Å². The number of benzene rings is 3. The van der Waals surface area contributed by atoms with Crippen LogP contribution < -0.4 is 15.9 Å². The Morgan fingerprint density at radius 3 is 1.18 bits per heavy atom. The maximum atomic E-state index is 5.01. The van der Waals surface area contributed by atoms with Crippen LogP contribution in [0.2, 0.25) is 0 Å². The molecule has 0 aliphatic rings. The molecule has 0 aliphatic carbocycles. The zero-order chi connectivity index (χ0) is 15.3. The summed E-state index contributed by atoms with van der Waals surface area (Å²) in [5.41, 5.74) is 0. The van der Waals surface area contributed by atoms with Crippen LogP contribution in [0.5, 0.6) is 0 Å². The van der Waals surface area contributed by atoms with Crippen molar-refractivity contribution in [2.45, 2.75) is 0 Å². The van der Waals surface area contributed by atoms with Crippen LogP contribution in [0.4, 0.5) is 0 Å². The molecule has 0 atom stereocenters. The van der Waals surface area contributed by atoms with E-state index < -0.39 is 7.41 Å². The molecule has 0 N–H and O–H groups in total. The van der Waals surface area contributed by atoms with Gasteiger partial charge >= 0.3 is 0 Å². The summed E-state index contributed by atoms with van der Waals surface area (Å²) in [4.78, 5) is 0. The molecule has 22 heavy (non-hydrogen) atoms. The fourth-order valence-corrected chi connectivity index (χ4v) is 6.15. The van der Waals surface area contributed by atoms with Crippen LogP contribution in [0.15, 0.2) is 95.8 Å². The normalized spacial score (nSPS) is 10.7. The van der Waals surface area contributed by atoms with Gasteiger partial charge in [0.25, 0.3) is 0 Å². The first-order valence-corrected chi connectivity index (χ1v) is 9.18. The molecule has 0 heterocycles. The van der Waals surface area contributed by atoms with E-state index in [2.05, 4.69) is 78.0 Å². The van der Waals surface area contributed by atoms with Crippen LogP contribution in [0.1, 0.15) is 0 Å². The molecule has 0 radical (unpaired) electrons. The van der Waals surface area contributed by atoms with Gasteiger partial charge in [0.05, 0.1) is 0 Å². The lowest BCUT2D eigenvalue weighted by molar-refractivity contribution is 1.69. The molecule has 0 unspecified atom stereocenters. The summed E-state index contributed by atoms with van der Waals surface area (Å²) in [6, 6.07) is 31.1. The Morgan fingerprint density at radius 2 is 0.909 bits per heavy atom. The van der Waals surface area contributed by atoms with E-state index in [1.807, 2.05) is 18.2 Å². The zero-order valence-corrected chi connectivity index (χ0v) is 13.7. The number of thiocarbonyl (C=S) groups is 1. The quantitative estimate of drug-likeness (QED) is 0.402. The average molecular weight is 320 g/mol. The molecule has 0 bridgehead atoms. The Kier molecular flexibility index (Phi) is 4.56. The summed E-state index contributed by atoms with van der Waals surface area (Å²) < 4.78 is 4.74. The van der Waals surface area contributed by atoms with E-state index in [4.69, 9.17) is 17.0 Å². The van der Waals surface area contributed by atoms with Crippen molar-refractivity contribution in [3.8, 4) is 0 Å². The molecule has 1 nitrogen and oxygen atoms in total. The zero-order valence-electron chi connectivity index (χ0n) is 12.0. The maximum Gasteiger partial charge on any atom is 0.241 e. The van der Waals surface area contributed by atoms with Crippen LogP contribution in [0.25, 0.3) is 0 Å². The second-order valence-corrected chi connectivity index (χ2v) is 8.04. The highest BCUT2D eigenvalue weighted by molar-refractivity contribution is 7.95. The van der Waals surface area contributed by atoms with Crippen molar-refractivity contribution in [3.05, 3.63) is 91.0 Å². The maximum absolute atomic E-state index is 5.01. The van der Waals surface area contributed by atoms with E-state index in [1.165, 1.54) is 15.9 Å². The lowest BCUT2D eigenvalue weighted by Crippen LogP contribution is -2.29. The average Bonchev–Trinajstić information content (AvgIpc) is 2.62. The highest BCUT2D eigenvalue weighted by atomic mass is 32.1. The monoisotopic (exact) mass is 320 g/mol. The van der Waals surface area contributed by atoms with Gasteiger partial charge in [-0.05, 0) is 48.6 Å². The van der Waals surface area contributed by atoms with Crippen molar-refractivity contribution in [1.29, 1.82) is 0 Å². The van der Waals surface area contributed by atoms with Gasteiger partial charge in [0.1, 0.15) is 21.1 Å². The Morgan fingerprint density at radius 1 is 0.591 bits per heavy atom. The van der Waals surface area contributed by atoms with Crippen molar-refractivity contribution in [3.63, 3.8) is 0 Å². The summed E-state index contributed by atoms with van der Waals surface area (Å²) in [5, 5.41) is 6.22. The number of rotatable bonds is 4. The smallest absolute Gasteiger partial charge is 0.0620 e. The first kappa shape index (κ1) is 14.8. The van der Waals surface area contributed by atoms with Crippen molar-refractivity contribution in [2.24, 2.45) is 4.76 Å². The molecule has 3 aromatic rings. The lowest BCUT2D eigenvalue weighted by Gasteiger charge is -2.20. The summed E-state index contributed by atoms with van der Waals surface area (Å²) in [6.07, 6.45) is 0. The van der Waals surface area contributed by atoms with Gasteiger partial charge < -0.3 is 0 Å². The predicted octanol–water partition coefficient (Wildman–Crippen LogP) is 4.00. The third kappa shape index (κ3) is 2.65. The van der Waals surface area contributed by atoms with Crippen LogP contribution in [0.3, 0.4) is 0 Å². The van der Waals surface area contributed by atoms with Gasteiger partial charge in [0.2, 0.25) is 7.41 Å². The van der Waals surface area contributed by atoms with Gasteiger partial charge in [-0.25, -0.2) is 0 Å². The van der Waals surface area contributed by atoms with Crippen LogP contribution in [-0.4, -0.2) is 5.16 Å². The fraction of sp³-hybridized carbons (Fsp3) is 0. The third-order valence-corrected chi connectivity index (χ3v) is 7.34. The molecule has 0 amide bonds. The topological polar surface area (TPSA) is 12.4 Å². The van der Waals surface area contributed by atoms with Gasteiger partial charge in [-0.3, -0.25) is 0 Å². The van der Waals surface area contributed by atoms with E-state index in [0.29, 0.717) is 0 Å². The predicted molar refractivity (Wildman–Crippen MR) is 100 cm³/mol. The lowest BCUT2D eigenvalue weighted by atomic mass is 10.4. The van der Waals surface area contributed by atoms with Crippen molar-refractivity contribution >= 4 is 40.7 Å². The molecule has 3 aromatic carbocycles. The molecule has 0 aliphatic heterocycles. The Bertz CT molecular complexity index is 685. The Balaban J connectivity index is 2.37. The van der Waals surface area contributed by atoms with Crippen molar-refractivity contribution in [2.75, 3.05) is 0 Å². The third-order valence-electron chi connectivity index (χ3n) is 3.58. The molecule has 3 rings (SSSR count). The van der Waals surface area contributed by atoms with E-state index in [-0.39, 0.29) is 0 Å². The summed E-state index contributed by atoms with van der Waals surface area (Å²) in [6.45, 7) is 0. The van der Waals surface area contributed by atoms with Gasteiger partial charge in [-0.2, -0.15) is 0 Å². The number of isothiocyanates is 1. The van der Waals surface area contributed by atoms with Crippen molar-refractivity contribution < 1.29 is 0 Å². The first-order chi connectivity index (χ1) is 10.9. The minimum Gasteiger partial charge on any atom is -0.0620 e. The van der Waals surface area contributed by atoms with Crippen LogP contribution in [-0.2, 0) is 0 Å². The molecule has 0 aromatic heterocycles. The second-order valence-electron chi connectivity index (χ2n) is 4.83. The molecule has 0 saturated carbocycles. The van der Waals surface area contributed by atoms with Gasteiger partial charge in [-0.1, -0.05) is 59.4 Å². The minimum atomic E-state index is -2.14. The Labute approximate surface area is 136 Å². The molecule has 106 valence electrons. The molecule has 0 fully saturated rings. The number of hydrogen-bond acceptors (Lipinski definition) is 2. The molecule has 0 saturated heterocycles. The van der Waals surface area contributed by atoms with Gasteiger partial charge in [0, 0.05) is 0 Å². The fourth-order valence-electron chi connectivity index (χ4n) is 2.61. The molecule has 0 spiro atoms. The van der Waals surface area contributed by atoms with E-state index >= 15 is 0 Å². The summed E-state index contributed by atoms with van der Waals surface area (Å²) in [5.74, 6) is 0. The molecular formula is C19H15NPS+. The minimum absolute atomic E-state index is 1.18. The number of hydrogen-bond donors (Lipinski definition) is 0. The largest absolute Gasteiger partial charge is 0.241 e. The molecular weight excluding hydrogens is 305 g/mol. The van der Waals surface area contributed by atoms with E-state index in [9.17, 15) is 0 Å². The standard InChI is InChI=1S/C19H15NPS/c22-16-20-21(17-10-4-1-5-11-17,18-12-6-2-7-13-18)19-14-8-3-9-15-19/h1-15H/q+1. The SMILES string of the molecule is S=C=N[P+](c1ccccc1)(c1ccccc1)c1ccccc1.